The first-order chi connectivity index (χ1) is 12.7. The SMILES string of the molecule is O=C(c1cccnc1)N1CCOCC2(C1)CN(c1ccoc1)C(=O)CO2. The Kier molecular flexibility index (Phi) is 4.44. The summed E-state index contributed by atoms with van der Waals surface area (Å²) in [5.74, 6) is -0.273. The van der Waals surface area contributed by atoms with Gasteiger partial charge in [0.25, 0.3) is 11.8 Å². The van der Waals surface area contributed by atoms with Crippen LogP contribution in [0.2, 0.25) is 0 Å². The molecule has 0 N–H and O–H groups in total. The van der Waals surface area contributed by atoms with Gasteiger partial charge in [-0.1, -0.05) is 0 Å². The van der Waals surface area contributed by atoms with Crippen molar-refractivity contribution in [3.63, 3.8) is 0 Å². The van der Waals surface area contributed by atoms with Gasteiger partial charge in [-0.25, -0.2) is 0 Å². The van der Waals surface area contributed by atoms with E-state index in [1.807, 2.05) is 0 Å². The molecule has 1 atom stereocenters. The fourth-order valence-electron chi connectivity index (χ4n) is 3.29. The molecule has 2 aromatic rings. The van der Waals surface area contributed by atoms with Crippen molar-refractivity contribution in [2.45, 2.75) is 5.60 Å². The second-order valence-corrected chi connectivity index (χ2v) is 6.45. The molecule has 4 heterocycles. The van der Waals surface area contributed by atoms with Crippen LogP contribution in [0.3, 0.4) is 0 Å². The third-order valence-electron chi connectivity index (χ3n) is 4.61. The Morgan fingerprint density at radius 2 is 2.19 bits per heavy atom. The average molecular weight is 357 g/mol. The molecule has 0 bridgehead atoms. The number of hydrogen-bond donors (Lipinski definition) is 0. The van der Waals surface area contributed by atoms with E-state index in [0.29, 0.717) is 44.1 Å². The number of carbonyl (C=O) groups is 2. The third-order valence-corrected chi connectivity index (χ3v) is 4.61. The summed E-state index contributed by atoms with van der Waals surface area (Å²) in [6.07, 6.45) is 6.21. The van der Waals surface area contributed by atoms with Crippen LogP contribution in [0.15, 0.2) is 47.5 Å². The molecular weight excluding hydrogens is 338 g/mol. The smallest absolute Gasteiger partial charge is 0.255 e. The Morgan fingerprint density at radius 1 is 1.27 bits per heavy atom. The summed E-state index contributed by atoms with van der Waals surface area (Å²) >= 11 is 0. The third kappa shape index (κ3) is 3.21. The van der Waals surface area contributed by atoms with Crippen molar-refractivity contribution < 1.29 is 23.5 Å². The largest absolute Gasteiger partial charge is 0.470 e. The Hall–Kier alpha value is -2.71. The van der Waals surface area contributed by atoms with Crippen LogP contribution in [0.25, 0.3) is 0 Å². The van der Waals surface area contributed by atoms with Crippen molar-refractivity contribution >= 4 is 17.5 Å². The number of pyridine rings is 1. The molecular formula is C18H19N3O5. The van der Waals surface area contributed by atoms with Crippen LogP contribution in [-0.4, -0.2) is 66.8 Å². The zero-order valence-electron chi connectivity index (χ0n) is 14.2. The molecule has 2 aliphatic rings. The highest BCUT2D eigenvalue weighted by Crippen LogP contribution is 2.28. The van der Waals surface area contributed by atoms with E-state index in [2.05, 4.69) is 4.98 Å². The maximum atomic E-state index is 12.8. The normalized spacial score (nSPS) is 23.9. The van der Waals surface area contributed by atoms with Gasteiger partial charge in [0.2, 0.25) is 0 Å². The first-order valence-electron chi connectivity index (χ1n) is 8.40. The van der Waals surface area contributed by atoms with Gasteiger partial charge in [-0.2, -0.15) is 0 Å². The van der Waals surface area contributed by atoms with E-state index in [1.165, 1.54) is 12.5 Å². The quantitative estimate of drug-likeness (QED) is 0.796. The average Bonchev–Trinajstić information content (AvgIpc) is 3.13. The zero-order valence-corrected chi connectivity index (χ0v) is 14.2. The van der Waals surface area contributed by atoms with E-state index in [4.69, 9.17) is 13.9 Å². The van der Waals surface area contributed by atoms with Gasteiger partial charge in [-0.05, 0) is 12.1 Å². The molecule has 2 aliphatic heterocycles. The van der Waals surface area contributed by atoms with E-state index in [1.54, 1.807) is 40.4 Å². The highest BCUT2D eigenvalue weighted by molar-refractivity contribution is 5.95. The van der Waals surface area contributed by atoms with Gasteiger partial charge in [-0.15, -0.1) is 0 Å². The van der Waals surface area contributed by atoms with Crippen molar-refractivity contribution in [3.05, 3.63) is 48.7 Å². The van der Waals surface area contributed by atoms with Gasteiger partial charge in [0.05, 0.1) is 43.8 Å². The minimum absolute atomic E-state index is 0.0660. The molecule has 0 saturated carbocycles. The first-order valence-corrected chi connectivity index (χ1v) is 8.40. The fourth-order valence-corrected chi connectivity index (χ4v) is 3.29. The Balaban J connectivity index is 1.57. The molecule has 2 saturated heterocycles. The van der Waals surface area contributed by atoms with Crippen LogP contribution in [0.5, 0.6) is 0 Å². The molecule has 1 unspecified atom stereocenters. The second kappa shape index (κ2) is 6.89. The van der Waals surface area contributed by atoms with Crippen molar-refractivity contribution in [1.82, 2.24) is 9.88 Å². The summed E-state index contributed by atoms with van der Waals surface area (Å²) < 4.78 is 16.7. The van der Waals surface area contributed by atoms with Crippen molar-refractivity contribution in [2.24, 2.45) is 0 Å². The molecule has 8 heteroatoms. The lowest BCUT2D eigenvalue weighted by atomic mass is 10.0. The summed E-state index contributed by atoms with van der Waals surface area (Å²) in [5, 5.41) is 0. The van der Waals surface area contributed by atoms with Gasteiger partial charge in [0.15, 0.2) is 0 Å². The van der Waals surface area contributed by atoms with Crippen molar-refractivity contribution in [2.75, 3.05) is 44.4 Å². The Labute approximate surface area is 150 Å². The molecule has 2 aromatic heterocycles. The lowest BCUT2D eigenvalue weighted by Crippen LogP contribution is -2.61. The number of aromatic nitrogens is 1. The van der Waals surface area contributed by atoms with Gasteiger partial charge in [-0.3, -0.25) is 14.6 Å². The number of nitrogens with zero attached hydrogens (tertiary/aromatic N) is 3. The van der Waals surface area contributed by atoms with E-state index in [9.17, 15) is 9.59 Å². The zero-order chi connectivity index (χ0) is 18.0. The van der Waals surface area contributed by atoms with Crippen LogP contribution in [0.1, 0.15) is 10.4 Å². The number of ether oxygens (including phenoxy) is 2. The van der Waals surface area contributed by atoms with Gasteiger partial charge >= 0.3 is 0 Å². The summed E-state index contributed by atoms with van der Waals surface area (Å²) in [4.78, 5) is 32.4. The molecule has 2 fully saturated rings. The summed E-state index contributed by atoms with van der Waals surface area (Å²) in [6.45, 7) is 1.74. The molecule has 0 aliphatic carbocycles. The number of anilines is 1. The fraction of sp³-hybridized carbons (Fsp3) is 0.389. The molecule has 1 spiro atoms. The van der Waals surface area contributed by atoms with Crippen molar-refractivity contribution in [1.29, 1.82) is 0 Å². The topological polar surface area (TPSA) is 85.1 Å². The minimum Gasteiger partial charge on any atom is -0.470 e. The predicted molar refractivity (Wildman–Crippen MR) is 90.7 cm³/mol. The molecule has 4 rings (SSSR count). The lowest BCUT2D eigenvalue weighted by molar-refractivity contribution is -0.145. The number of amides is 2. The number of furan rings is 1. The van der Waals surface area contributed by atoms with E-state index >= 15 is 0 Å². The summed E-state index contributed by atoms with van der Waals surface area (Å²) in [6, 6.07) is 5.19. The highest BCUT2D eigenvalue weighted by atomic mass is 16.6. The van der Waals surface area contributed by atoms with Crippen molar-refractivity contribution in [3.8, 4) is 0 Å². The maximum Gasteiger partial charge on any atom is 0.255 e. The van der Waals surface area contributed by atoms with Gasteiger partial charge in [0, 0.05) is 25.0 Å². The summed E-state index contributed by atoms with van der Waals surface area (Å²) in [7, 11) is 0. The number of hydrogen-bond acceptors (Lipinski definition) is 6. The molecule has 136 valence electrons. The van der Waals surface area contributed by atoms with Gasteiger partial charge in [0.1, 0.15) is 18.5 Å². The van der Waals surface area contributed by atoms with Crippen LogP contribution >= 0.6 is 0 Å². The molecule has 26 heavy (non-hydrogen) atoms. The predicted octanol–water partition coefficient (Wildman–Crippen LogP) is 0.949. The van der Waals surface area contributed by atoms with Crippen LogP contribution in [0, 0.1) is 0 Å². The van der Waals surface area contributed by atoms with E-state index in [0.717, 1.165) is 0 Å². The summed E-state index contributed by atoms with van der Waals surface area (Å²) in [5.41, 5.74) is 0.412. The number of morpholine rings is 1. The molecule has 0 aromatic carbocycles. The van der Waals surface area contributed by atoms with Crippen LogP contribution in [-0.2, 0) is 14.3 Å². The Bertz CT molecular complexity index is 779. The maximum absolute atomic E-state index is 12.8. The highest BCUT2D eigenvalue weighted by Gasteiger charge is 2.44. The second-order valence-electron chi connectivity index (χ2n) is 6.45. The number of carbonyl (C=O) groups excluding carboxylic acids is 2. The number of rotatable bonds is 2. The standard InChI is InChI=1S/C18H19N3O5/c22-16-10-26-18(12-21(16)15-3-6-24-9-15)11-20(5-7-25-13-18)17(23)14-2-1-4-19-8-14/h1-4,6,8-9H,5,7,10-13H2. The van der Waals surface area contributed by atoms with Crippen LogP contribution in [0.4, 0.5) is 5.69 Å². The molecule has 2 amide bonds. The molecule has 0 radical (unpaired) electrons. The molecule has 8 nitrogen and oxygen atoms in total. The van der Waals surface area contributed by atoms with E-state index < -0.39 is 5.60 Å². The Morgan fingerprint density at radius 3 is 2.96 bits per heavy atom. The lowest BCUT2D eigenvalue weighted by Gasteiger charge is -2.42. The minimum atomic E-state index is -0.778. The monoisotopic (exact) mass is 357 g/mol. The van der Waals surface area contributed by atoms with Crippen LogP contribution < -0.4 is 4.90 Å². The van der Waals surface area contributed by atoms with E-state index in [-0.39, 0.29) is 18.4 Å². The first kappa shape index (κ1) is 16.7. The van der Waals surface area contributed by atoms with Gasteiger partial charge < -0.3 is 23.7 Å².